The van der Waals surface area contributed by atoms with Gasteiger partial charge < -0.3 is 9.80 Å². The van der Waals surface area contributed by atoms with E-state index in [0.29, 0.717) is 42.9 Å². The minimum atomic E-state index is -0.727. The summed E-state index contributed by atoms with van der Waals surface area (Å²) in [5.74, 6) is 0.787. The minimum absolute atomic E-state index is 0.0379. The predicted molar refractivity (Wildman–Crippen MR) is 146 cm³/mol. The summed E-state index contributed by atoms with van der Waals surface area (Å²) in [6.07, 6.45) is 6.09. The van der Waals surface area contributed by atoms with Crippen molar-refractivity contribution in [1.29, 1.82) is 0 Å². The third-order valence-electron chi connectivity index (χ3n) is 8.94. The molecule has 0 N–H and O–H groups in total. The molecule has 0 unspecified atom stereocenters. The molecule has 1 atom stereocenters. The molecule has 7 nitrogen and oxygen atoms in total. The lowest BCUT2D eigenvalue weighted by Gasteiger charge is -2.24. The van der Waals surface area contributed by atoms with Crippen molar-refractivity contribution in [2.24, 2.45) is 22.7 Å². The molecule has 4 fully saturated rings. The van der Waals surface area contributed by atoms with Gasteiger partial charge in [-0.25, -0.2) is 4.39 Å². The molecule has 1 spiro atoms. The van der Waals surface area contributed by atoms with Crippen LogP contribution in [0, 0.1) is 23.6 Å². The van der Waals surface area contributed by atoms with Crippen LogP contribution in [-0.2, 0) is 14.4 Å². The molecule has 0 radical (unpaired) electrons. The molecule has 5 aliphatic rings. The van der Waals surface area contributed by atoms with Gasteiger partial charge in [-0.3, -0.25) is 24.3 Å². The number of benzene rings is 2. The second-order valence-electron chi connectivity index (χ2n) is 12.0. The largest absolute Gasteiger partial charge is 0.342 e. The van der Waals surface area contributed by atoms with E-state index in [-0.39, 0.29) is 35.5 Å². The average Bonchev–Trinajstić information content (AvgIpc) is 3.83. The summed E-state index contributed by atoms with van der Waals surface area (Å²) < 4.78 is 15.7. The monoisotopic (exact) mass is 528 g/mol. The number of hydrogen-bond acceptors (Lipinski definition) is 4. The second kappa shape index (κ2) is 9.00. The van der Waals surface area contributed by atoms with Crippen molar-refractivity contribution in [3.8, 4) is 11.1 Å². The van der Waals surface area contributed by atoms with Gasteiger partial charge in [0, 0.05) is 44.2 Å². The van der Waals surface area contributed by atoms with Crippen LogP contribution in [0.15, 0.2) is 47.5 Å². The van der Waals surface area contributed by atoms with Crippen molar-refractivity contribution in [3.63, 3.8) is 0 Å². The maximum Gasteiger partial charge on any atom is 0.256 e. The topological polar surface area (TPSA) is 73.3 Å². The molecular formula is C31H33FN4O3. The van der Waals surface area contributed by atoms with Gasteiger partial charge in [-0.2, -0.15) is 0 Å². The Morgan fingerprint density at radius 3 is 2.46 bits per heavy atom. The number of anilines is 1. The van der Waals surface area contributed by atoms with E-state index in [9.17, 15) is 14.4 Å². The first kappa shape index (κ1) is 24.5. The molecule has 2 aliphatic heterocycles. The fourth-order valence-electron chi connectivity index (χ4n) is 6.01. The lowest BCUT2D eigenvalue weighted by Crippen LogP contribution is -2.41. The number of aliphatic imine (C=N–C) groups is 1. The van der Waals surface area contributed by atoms with Crippen molar-refractivity contribution < 1.29 is 18.8 Å². The molecule has 1 saturated heterocycles. The summed E-state index contributed by atoms with van der Waals surface area (Å²) in [7, 11) is 1.78. The second-order valence-corrected chi connectivity index (χ2v) is 12.0. The average molecular weight is 529 g/mol. The molecule has 3 saturated carbocycles. The Bertz CT molecular complexity index is 1410. The van der Waals surface area contributed by atoms with Crippen LogP contribution in [0.3, 0.4) is 0 Å². The fraction of sp³-hybridized carbons (Fsp3) is 0.484. The number of amides is 3. The number of likely N-dealkylation sites (tertiary alicyclic amines) is 1. The van der Waals surface area contributed by atoms with Crippen LogP contribution < -0.4 is 4.90 Å². The Morgan fingerprint density at radius 2 is 1.77 bits per heavy atom. The molecule has 2 aromatic carbocycles. The van der Waals surface area contributed by atoms with Crippen LogP contribution in [0.25, 0.3) is 11.1 Å². The van der Waals surface area contributed by atoms with Gasteiger partial charge in [0.1, 0.15) is 17.2 Å². The summed E-state index contributed by atoms with van der Waals surface area (Å²) in [5, 5.41) is 0. The van der Waals surface area contributed by atoms with E-state index >= 15 is 4.39 Å². The highest BCUT2D eigenvalue weighted by atomic mass is 19.1. The summed E-state index contributed by atoms with van der Waals surface area (Å²) in [6, 6.07) is 12.7. The normalized spacial score (nSPS) is 23.4. The third-order valence-corrected chi connectivity index (χ3v) is 8.94. The van der Waals surface area contributed by atoms with Gasteiger partial charge in [-0.15, -0.1) is 0 Å². The van der Waals surface area contributed by atoms with Crippen molar-refractivity contribution in [2.45, 2.75) is 50.5 Å². The van der Waals surface area contributed by atoms with Crippen molar-refractivity contribution in [2.75, 3.05) is 31.6 Å². The number of halogens is 1. The Morgan fingerprint density at radius 1 is 1.03 bits per heavy atom. The highest BCUT2D eigenvalue weighted by Crippen LogP contribution is 2.46. The molecule has 3 aliphatic carbocycles. The molecule has 2 aromatic rings. The maximum absolute atomic E-state index is 15.7. The number of nitrogens with zero attached hydrogens (tertiary/aromatic N) is 4. The van der Waals surface area contributed by atoms with E-state index < -0.39 is 11.4 Å². The molecule has 0 bridgehead atoms. The van der Waals surface area contributed by atoms with E-state index in [2.05, 4.69) is 0 Å². The van der Waals surface area contributed by atoms with Crippen LogP contribution in [0.1, 0.15) is 50.5 Å². The summed E-state index contributed by atoms with van der Waals surface area (Å²) >= 11 is 0. The molecule has 2 heterocycles. The van der Waals surface area contributed by atoms with Crippen LogP contribution >= 0.6 is 0 Å². The van der Waals surface area contributed by atoms with Gasteiger partial charge >= 0.3 is 0 Å². The van der Waals surface area contributed by atoms with Crippen molar-refractivity contribution >= 4 is 29.2 Å². The number of carbonyl (C=O) groups is 3. The van der Waals surface area contributed by atoms with Crippen LogP contribution in [-0.4, -0.2) is 65.6 Å². The van der Waals surface area contributed by atoms with E-state index in [0.717, 1.165) is 49.9 Å². The molecule has 0 aromatic heterocycles. The quantitative estimate of drug-likeness (QED) is 0.540. The van der Waals surface area contributed by atoms with Crippen molar-refractivity contribution in [1.82, 2.24) is 9.80 Å². The van der Waals surface area contributed by atoms with Crippen LogP contribution in [0.2, 0.25) is 0 Å². The first-order chi connectivity index (χ1) is 18.8. The van der Waals surface area contributed by atoms with Gasteiger partial charge in [0.2, 0.25) is 11.8 Å². The Balaban J connectivity index is 1.12. The highest BCUT2D eigenvalue weighted by Gasteiger charge is 2.58. The van der Waals surface area contributed by atoms with E-state index in [1.165, 1.54) is 6.07 Å². The highest BCUT2D eigenvalue weighted by molar-refractivity contribution is 6.16. The predicted octanol–water partition coefficient (Wildman–Crippen LogP) is 4.25. The fourth-order valence-corrected chi connectivity index (χ4v) is 6.01. The minimum Gasteiger partial charge on any atom is -0.342 e. The van der Waals surface area contributed by atoms with Crippen LogP contribution in [0.5, 0.6) is 0 Å². The maximum atomic E-state index is 15.7. The Hall–Kier alpha value is -3.55. The zero-order valence-corrected chi connectivity index (χ0v) is 22.2. The van der Waals surface area contributed by atoms with Gasteiger partial charge in [0.15, 0.2) is 0 Å². The zero-order valence-electron chi connectivity index (χ0n) is 22.2. The van der Waals surface area contributed by atoms with Gasteiger partial charge in [0.05, 0.1) is 5.56 Å². The number of hydrogen-bond donors (Lipinski definition) is 0. The van der Waals surface area contributed by atoms with E-state index in [1.807, 2.05) is 35.2 Å². The Kier molecular flexibility index (Phi) is 5.65. The molecule has 202 valence electrons. The van der Waals surface area contributed by atoms with Gasteiger partial charge in [-0.05, 0) is 86.3 Å². The van der Waals surface area contributed by atoms with Crippen molar-refractivity contribution in [3.05, 3.63) is 53.8 Å². The third kappa shape index (κ3) is 4.43. The molecule has 7 rings (SSSR count). The molecule has 3 amide bonds. The summed E-state index contributed by atoms with van der Waals surface area (Å²) in [5.41, 5.74) is 1.91. The lowest BCUT2D eigenvalue weighted by molar-refractivity contribution is -0.131. The summed E-state index contributed by atoms with van der Waals surface area (Å²) in [4.78, 5) is 48.5. The first-order valence-electron chi connectivity index (χ1n) is 14.2. The smallest absolute Gasteiger partial charge is 0.256 e. The molecular weight excluding hydrogens is 495 g/mol. The number of amidine groups is 1. The SMILES string of the molecule is CN(C(=O)C1CC1)c1cccc(-c2ccc(C3=NC4(CC4)C(=O)N3C[C@@H]3CCN(C(=O)C4CC4)C3)c(F)c2)c1. The van der Waals surface area contributed by atoms with Crippen LogP contribution in [0.4, 0.5) is 10.1 Å². The van der Waals surface area contributed by atoms with E-state index in [4.69, 9.17) is 4.99 Å². The lowest BCUT2D eigenvalue weighted by atomic mass is 10.0. The zero-order chi connectivity index (χ0) is 26.9. The van der Waals surface area contributed by atoms with Gasteiger partial charge in [0.25, 0.3) is 5.91 Å². The Labute approximate surface area is 227 Å². The van der Waals surface area contributed by atoms with Gasteiger partial charge in [-0.1, -0.05) is 18.2 Å². The standard InChI is InChI=1S/C31H33FN4O3/c1-34(28(37)20-5-6-20)24-4-2-3-22(15-24)23-9-10-25(26(32)16-23)27-33-31(12-13-31)30(39)36(27)18-19-11-14-35(17-19)29(38)21-7-8-21/h2-4,9-10,15-16,19-21H,5-8,11-14,17-18H2,1H3/t19-/m1/s1. The summed E-state index contributed by atoms with van der Waals surface area (Å²) in [6.45, 7) is 1.83. The number of carbonyl (C=O) groups excluding carboxylic acids is 3. The van der Waals surface area contributed by atoms with E-state index in [1.54, 1.807) is 22.9 Å². The molecule has 39 heavy (non-hydrogen) atoms. The first-order valence-corrected chi connectivity index (χ1v) is 14.2. The molecule has 8 heteroatoms. The number of rotatable bonds is 7.